The van der Waals surface area contributed by atoms with Crippen LogP contribution in [0.5, 0.6) is 0 Å². The number of unbranched alkanes of at least 4 members (excludes halogenated alkanes) is 3. The minimum Gasteiger partial charge on any atom is -0.462 e. The van der Waals surface area contributed by atoms with Gasteiger partial charge in [0.25, 0.3) is 0 Å². The quantitative estimate of drug-likeness (QED) is 0.0165. The number of likely N-dealkylation sites (N-methyl/N-ethyl adjacent to an activating group) is 1. The normalized spacial score (nSPS) is 21.3. The number of aliphatic hydroxyl groups excluding tert-OH is 3. The minimum atomic E-state index is -4.49. The first-order valence-corrected chi connectivity index (χ1v) is 23.1. The van der Waals surface area contributed by atoms with Gasteiger partial charge in [-0.2, -0.15) is 0 Å². The predicted molar refractivity (Wildman–Crippen MR) is 235 cm³/mol. The summed E-state index contributed by atoms with van der Waals surface area (Å²) in [6.07, 6.45) is 34.9. The fourth-order valence-electron chi connectivity index (χ4n) is 6.08. The van der Waals surface area contributed by atoms with Gasteiger partial charge >= 0.3 is 19.8 Å². The number of quaternary nitrogens is 1. The van der Waals surface area contributed by atoms with Crippen LogP contribution in [0.15, 0.2) is 85.1 Å². The Morgan fingerprint density at radius 2 is 1.41 bits per heavy atom. The van der Waals surface area contributed by atoms with Crippen molar-refractivity contribution in [2.45, 2.75) is 135 Å². The molecule has 0 radical (unpaired) electrons. The summed E-state index contributed by atoms with van der Waals surface area (Å²) in [5.41, 5.74) is 0. The van der Waals surface area contributed by atoms with Crippen LogP contribution >= 0.6 is 7.82 Å². The van der Waals surface area contributed by atoms with E-state index in [1.807, 2.05) is 33.3 Å². The Morgan fingerprint density at radius 1 is 0.780 bits per heavy atom. The second-order valence-electron chi connectivity index (χ2n) is 16.0. The molecule has 0 saturated heterocycles. The molecule has 336 valence electrons. The van der Waals surface area contributed by atoms with Crippen LogP contribution in [-0.2, 0) is 32.7 Å². The molecule has 0 heterocycles. The zero-order valence-electron chi connectivity index (χ0n) is 36.5. The molecule has 1 rings (SSSR count). The van der Waals surface area contributed by atoms with Gasteiger partial charge in [-0.25, -0.2) is 4.57 Å². The van der Waals surface area contributed by atoms with Gasteiger partial charge in [-0.05, 0) is 63.7 Å². The number of hydrogen-bond acceptors (Lipinski definition) is 10. The fourth-order valence-corrected chi connectivity index (χ4v) is 6.82. The van der Waals surface area contributed by atoms with Gasteiger partial charge in [-0.15, -0.1) is 0 Å². The zero-order valence-corrected chi connectivity index (χ0v) is 37.4. The molecule has 0 aliphatic heterocycles. The Hall–Kier alpha value is -2.93. The summed E-state index contributed by atoms with van der Waals surface area (Å²) < 4.78 is 34.1. The van der Waals surface area contributed by atoms with Crippen LogP contribution < -0.4 is 0 Å². The molecule has 0 bridgehead atoms. The van der Waals surface area contributed by atoms with Crippen molar-refractivity contribution in [3.8, 4) is 0 Å². The Bertz CT molecular complexity index is 1400. The number of rotatable bonds is 33. The lowest BCUT2D eigenvalue weighted by Gasteiger charge is -2.24. The number of esters is 2. The van der Waals surface area contributed by atoms with Crippen molar-refractivity contribution >= 4 is 19.8 Å². The highest BCUT2D eigenvalue weighted by molar-refractivity contribution is 7.47. The molecule has 0 amide bonds. The molecular weight excluding hydrogens is 773 g/mol. The molecule has 1 fully saturated rings. The van der Waals surface area contributed by atoms with E-state index in [1.54, 1.807) is 24.3 Å². The molecule has 0 aromatic heterocycles. The predicted octanol–water partition coefficient (Wildman–Crippen LogP) is 8.39. The van der Waals surface area contributed by atoms with Crippen molar-refractivity contribution in [2.75, 3.05) is 47.5 Å². The van der Waals surface area contributed by atoms with Gasteiger partial charge in [0.1, 0.15) is 19.8 Å². The fraction of sp³-hybridized carbons (Fsp3) is 0.652. The Labute approximate surface area is 355 Å². The van der Waals surface area contributed by atoms with E-state index in [0.717, 1.165) is 51.4 Å². The number of nitrogens with zero attached hydrogens (tertiary/aromatic N) is 1. The van der Waals surface area contributed by atoms with Crippen molar-refractivity contribution in [3.05, 3.63) is 85.1 Å². The van der Waals surface area contributed by atoms with E-state index in [1.165, 1.54) is 0 Å². The molecule has 59 heavy (non-hydrogen) atoms. The summed E-state index contributed by atoms with van der Waals surface area (Å²) in [6.45, 7) is 3.72. The van der Waals surface area contributed by atoms with E-state index in [-0.39, 0.29) is 44.3 Å². The molecule has 0 spiro atoms. The summed E-state index contributed by atoms with van der Waals surface area (Å²) in [5.74, 6) is -1.82. The highest BCUT2D eigenvalue weighted by atomic mass is 31.2. The monoisotopic (exact) mass is 851 g/mol. The average Bonchev–Trinajstić information content (AvgIpc) is 3.44. The first-order valence-electron chi connectivity index (χ1n) is 21.6. The maximum atomic E-state index is 12.8. The number of carbonyl (C=O) groups excluding carboxylic acids is 2. The average molecular weight is 851 g/mol. The van der Waals surface area contributed by atoms with E-state index >= 15 is 0 Å². The zero-order chi connectivity index (χ0) is 43.8. The number of carbonyl (C=O) groups is 2. The molecule has 13 heteroatoms. The van der Waals surface area contributed by atoms with Gasteiger partial charge < -0.3 is 34.2 Å². The first kappa shape index (κ1) is 54.1. The van der Waals surface area contributed by atoms with Crippen LogP contribution in [-0.4, -0.2) is 109 Å². The summed E-state index contributed by atoms with van der Waals surface area (Å²) in [5, 5.41) is 31.4. The lowest BCUT2D eigenvalue weighted by molar-refractivity contribution is -0.870. The van der Waals surface area contributed by atoms with Crippen LogP contribution in [0.25, 0.3) is 0 Å². The van der Waals surface area contributed by atoms with Gasteiger partial charge in [0, 0.05) is 18.8 Å². The van der Waals surface area contributed by atoms with Gasteiger partial charge in [-0.3, -0.25) is 18.6 Å². The third-order valence-electron chi connectivity index (χ3n) is 9.51. The number of phosphoric acid groups is 1. The second-order valence-corrected chi connectivity index (χ2v) is 17.4. The standard InChI is InChI=1S/C46H76NO11P/c1-6-8-10-11-12-13-14-15-16-17-18-19-20-21-22-23-25-30-45(51)55-37-40(38-57-59(53,54)56-35-34-47(3,4)5)58-46(52)31-27-26-29-41-42(44(50)36-43(41)49)33-32-39(48)28-24-9-7-2/h8,10,12-13,15-16,18-19,21-22,26-27,32-33,39-44,48-50H,6-7,9,11,14,17,20,23-25,28-31,34-38H2,1-5H3/p+1/b10-8-,13-12-,16-15-,19-18-,22-21-,27-26-,33-32+/t39-,40-,41+,42-,43+,44-/m1/s1. The van der Waals surface area contributed by atoms with Crippen molar-refractivity contribution in [1.82, 2.24) is 0 Å². The van der Waals surface area contributed by atoms with Crippen molar-refractivity contribution in [1.29, 1.82) is 0 Å². The third-order valence-corrected chi connectivity index (χ3v) is 10.5. The van der Waals surface area contributed by atoms with Crippen LogP contribution in [0.2, 0.25) is 0 Å². The maximum absolute atomic E-state index is 12.8. The Morgan fingerprint density at radius 3 is 2.02 bits per heavy atom. The van der Waals surface area contributed by atoms with Gasteiger partial charge in [0.05, 0.1) is 52.5 Å². The van der Waals surface area contributed by atoms with E-state index in [9.17, 15) is 34.4 Å². The summed E-state index contributed by atoms with van der Waals surface area (Å²) in [7, 11) is 1.23. The third kappa shape index (κ3) is 29.9. The van der Waals surface area contributed by atoms with Crippen LogP contribution in [0.4, 0.5) is 0 Å². The molecule has 0 aromatic carbocycles. The number of allylic oxidation sites excluding steroid dienone is 11. The molecule has 4 N–H and O–H groups in total. The van der Waals surface area contributed by atoms with Gasteiger partial charge in [0.2, 0.25) is 0 Å². The first-order chi connectivity index (χ1) is 28.2. The summed E-state index contributed by atoms with van der Waals surface area (Å²) >= 11 is 0. The smallest absolute Gasteiger partial charge is 0.462 e. The SMILES string of the molecule is CC/C=C\C/C=C\C/C=C\C/C=C\C/C=C\CCCC(=O)OC[C@H](COP(=O)(O)OCC[N+](C)(C)C)OC(=O)C/C=C\C[C@H]1[C@@H](/C=C/[C@H](O)CCCCC)[C@H](O)C[C@@H]1O. The van der Waals surface area contributed by atoms with Crippen LogP contribution in [0.3, 0.4) is 0 Å². The van der Waals surface area contributed by atoms with Crippen molar-refractivity contribution in [2.24, 2.45) is 11.8 Å². The molecule has 1 aliphatic rings. The van der Waals surface area contributed by atoms with Gasteiger partial charge in [-0.1, -0.05) is 118 Å². The van der Waals surface area contributed by atoms with E-state index < -0.39 is 50.8 Å². The molecule has 0 aromatic rings. The largest absolute Gasteiger partial charge is 0.472 e. The lowest BCUT2D eigenvalue weighted by atomic mass is 9.89. The Balaban J connectivity index is 2.62. The number of ether oxygens (including phenoxy) is 2. The molecule has 1 unspecified atom stereocenters. The van der Waals surface area contributed by atoms with Crippen LogP contribution in [0.1, 0.15) is 110 Å². The van der Waals surface area contributed by atoms with Crippen molar-refractivity contribution in [3.63, 3.8) is 0 Å². The second kappa shape index (κ2) is 32.8. The summed E-state index contributed by atoms with van der Waals surface area (Å²) in [6, 6.07) is 0. The molecule has 7 atom stereocenters. The molecule has 12 nitrogen and oxygen atoms in total. The highest BCUT2D eigenvalue weighted by Gasteiger charge is 2.39. The van der Waals surface area contributed by atoms with E-state index in [2.05, 4.69) is 62.5 Å². The Kier molecular flexibility index (Phi) is 30.1. The number of hydrogen-bond donors (Lipinski definition) is 4. The highest BCUT2D eigenvalue weighted by Crippen LogP contribution is 2.43. The number of aliphatic hydroxyl groups is 3. The van der Waals surface area contributed by atoms with Crippen molar-refractivity contribution < 1.29 is 57.4 Å². The van der Waals surface area contributed by atoms with E-state index in [0.29, 0.717) is 36.7 Å². The maximum Gasteiger partial charge on any atom is 0.472 e. The van der Waals surface area contributed by atoms with Crippen LogP contribution in [0, 0.1) is 11.8 Å². The van der Waals surface area contributed by atoms with E-state index in [4.69, 9.17) is 18.5 Å². The molecular formula is C46H77NO11P+. The molecule has 1 aliphatic carbocycles. The number of phosphoric ester groups is 1. The summed E-state index contributed by atoms with van der Waals surface area (Å²) in [4.78, 5) is 35.6. The molecule has 1 saturated carbocycles. The van der Waals surface area contributed by atoms with Gasteiger partial charge in [0.15, 0.2) is 6.10 Å². The lowest BCUT2D eigenvalue weighted by Crippen LogP contribution is -2.37. The minimum absolute atomic E-state index is 0.0394. The topological polar surface area (TPSA) is 169 Å².